The molecule has 0 unspecified atom stereocenters. The first kappa shape index (κ1) is 16.2. The van der Waals surface area contributed by atoms with Crippen LogP contribution in [-0.4, -0.2) is 37.0 Å². The molecule has 2 aromatic carbocycles. The van der Waals surface area contributed by atoms with E-state index in [2.05, 4.69) is 18.9 Å². The highest BCUT2D eigenvalue weighted by Crippen LogP contribution is 2.33. The summed E-state index contributed by atoms with van der Waals surface area (Å²) in [5, 5.41) is 0.915. The molecule has 1 aliphatic rings. The SMILES string of the molecule is C[C@H]1COc2ccc3c(ccn3S(=O)(=O)c3ccccc3)c2CN1C. The number of rotatable bonds is 2. The van der Waals surface area contributed by atoms with Crippen LogP contribution in [0.3, 0.4) is 0 Å². The van der Waals surface area contributed by atoms with E-state index in [-0.39, 0.29) is 4.90 Å². The lowest BCUT2D eigenvalue weighted by Crippen LogP contribution is -2.31. The number of fused-ring (bicyclic) bond motifs is 3. The van der Waals surface area contributed by atoms with Gasteiger partial charge < -0.3 is 4.74 Å². The molecule has 4 rings (SSSR count). The van der Waals surface area contributed by atoms with E-state index in [1.54, 1.807) is 36.5 Å². The molecule has 0 spiro atoms. The second-order valence-corrected chi connectivity index (χ2v) is 8.29. The Kier molecular flexibility index (Phi) is 3.81. The lowest BCUT2D eigenvalue weighted by Gasteiger charge is -2.20. The van der Waals surface area contributed by atoms with E-state index in [4.69, 9.17) is 4.74 Å². The third kappa shape index (κ3) is 2.62. The topological polar surface area (TPSA) is 51.5 Å². The van der Waals surface area contributed by atoms with Gasteiger partial charge in [-0.2, -0.15) is 0 Å². The molecule has 25 heavy (non-hydrogen) atoms. The van der Waals surface area contributed by atoms with E-state index >= 15 is 0 Å². The molecule has 0 bridgehead atoms. The second-order valence-electron chi connectivity index (χ2n) is 6.48. The summed E-state index contributed by atoms with van der Waals surface area (Å²) >= 11 is 0. The van der Waals surface area contributed by atoms with Crippen molar-refractivity contribution in [2.75, 3.05) is 13.7 Å². The molecule has 1 aromatic heterocycles. The number of ether oxygens (including phenoxy) is 1. The quantitative estimate of drug-likeness (QED) is 0.708. The van der Waals surface area contributed by atoms with Crippen LogP contribution in [0.25, 0.3) is 10.9 Å². The van der Waals surface area contributed by atoms with Crippen molar-refractivity contribution < 1.29 is 13.2 Å². The number of hydrogen-bond acceptors (Lipinski definition) is 4. The molecule has 0 saturated heterocycles. The molecule has 2 heterocycles. The van der Waals surface area contributed by atoms with Crippen molar-refractivity contribution in [1.82, 2.24) is 8.87 Å². The summed E-state index contributed by atoms with van der Waals surface area (Å²) < 4.78 is 33.2. The molecule has 130 valence electrons. The van der Waals surface area contributed by atoms with Crippen LogP contribution in [-0.2, 0) is 16.6 Å². The van der Waals surface area contributed by atoms with E-state index in [1.165, 1.54) is 3.97 Å². The maximum Gasteiger partial charge on any atom is 0.268 e. The van der Waals surface area contributed by atoms with Gasteiger partial charge in [0.1, 0.15) is 12.4 Å². The Balaban J connectivity index is 1.89. The van der Waals surface area contributed by atoms with Gasteiger partial charge in [0.15, 0.2) is 0 Å². The summed E-state index contributed by atoms with van der Waals surface area (Å²) in [6.45, 7) is 3.47. The highest BCUT2D eigenvalue weighted by atomic mass is 32.2. The molecule has 0 amide bonds. The molecule has 6 heteroatoms. The van der Waals surface area contributed by atoms with Crippen LogP contribution < -0.4 is 4.74 Å². The van der Waals surface area contributed by atoms with Crippen molar-refractivity contribution in [2.24, 2.45) is 0 Å². The lowest BCUT2D eigenvalue weighted by atomic mass is 10.1. The highest BCUT2D eigenvalue weighted by molar-refractivity contribution is 7.90. The second kappa shape index (κ2) is 5.89. The van der Waals surface area contributed by atoms with Gasteiger partial charge in [-0.05, 0) is 44.3 Å². The fraction of sp³-hybridized carbons (Fsp3) is 0.263. The monoisotopic (exact) mass is 356 g/mol. The molecule has 5 nitrogen and oxygen atoms in total. The molecule has 0 fully saturated rings. The summed E-state index contributed by atoms with van der Waals surface area (Å²) in [5.74, 6) is 0.832. The van der Waals surface area contributed by atoms with Gasteiger partial charge in [0.05, 0.1) is 10.4 Å². The molecule has 0 aliphatic carbocycles. The number of benzene rings is 2. The zero-order valence-electron chi connectivity index (χ0n) is 14.2. The molecule has 0 radical (unpaired) electrons. The fourth-order valence-electron chi connectivity index (χ4n) is 3.19. The Labute approximate surface area is 147 Å². The van der Waals surface area contributed by atoms with Gasteiger partial charge in [-0.15, -0.1) is 0 Å². The normalized spacial score (nSPS) is 18.6. The van der Waals surface area contributed by atoms with E-state index in [1.807, 2.05) is 18.2 Å². The molecular formula is C19H20N2O3S. The maximum absolute atomic E-state index is 13.0. The van der Waals surface area contributed by atoms with Gasteiger partial charge in [0.2, 0.25) is 0 Å². The van der Waals surface area contributed by atoms with Crippen molar-refractivity contribution in [2.45, 2.75) is 24.4 Å². The minimum atomic E-state index is -3.62. The van der Waals surface area contributed by atoms with Crippen LogP contribution >= 0.6 is 0 Å². The first-order valence-corrected chi connectivity index (χ1v) is 9.69. The van der Waals surface area contributed by atoms with E-state index < -0.39 is 10.0 Å². The summed E-state index contributed by atoms with van der Waals surface area (Å²) in [4.78, 5) is 2.50. The Bertz CT molecular complexity index is 1030. The number of likely N-dealkylation sites (N-methyl/N-ethyl adjacent to an activating group) is 1. The highest BCUT2D eigenvalue weighted by Gasteiger charge is 2.24. The van der Waals surface area contributed by atoms with Crippen LogP contribution in [0.5, 0.6) is 5.75 Å². The third-order valence-electron chi connectivity index (χ3n) is 4.85. The van der Waals surface area contributed by atoms with E-state index in [0.717, 1.165) is 23.2 Å². The Hall–Kier alpha value is -2.31. The minimum absolute atomic E-state index is 0.282. The van der Waals surface area contributed by atoms with Gasteiger partial charge in [0.25, 0.3) is 10.0 Å². The van der Waals surface area contributed by atoms with Gasteiger partial charge in [-0.25, -0.2) is 12.4 Å². The minimum Gasteiger partial charge on any atom is -0.492 e. The number of nitrogens with zero attached hydrogens (tertiary/aromatic N) is 2. The zero-order valence-corrected chi connectivity index (χ0v) is 15.0. The van der Waals surface area contributed by atoms with Crippen LogP contribution in [0.2, 0.25) is 0 Å². The fourth-order valence-corrected chi connectivity index (χ4v) is 4.56. The summed E-state index contributed by atoms with van der Waals surface area (Å²) in [5.41, 5.74) is 1.71. The van der Waals surface area contributed by atoms with Gasteiger partial charge in [0, 0.05) is 29.7 Å². The Morgan fingerprint density at radius 3 is 2.60 bits per heavy atom. The van der Waals surface area contributed by atoms with E-state index in [9.17, 15) is 8.42 Å². The Morgan fingerprint density at radius 1 is 1.08 bits per heavy atom. The lowest BCUT2D eigenvalue weighted by molar-refractivity contribution is 0.189. The molecule has 0 saturated carbocycles. The predicted octanol–water partition coefficient (Wildman–Crippen LogP) is 3.09. The van der Waals surface area contributed by atoms with Crippen molar-refractivity contribution in [3.8, 4) is 5.75 Å². The van der Waals surface area contributed by atoms with Gasteiger partial charge >= 0.3 is 0 Å². The first-order valence-electron chi connectivity index (χ1n) is 8.25. The molecule has 1 atom stereocenters. The van der Waals surface area contributed by atoms with Crippen molar-refractivity contribution >= 4 is 20.9 Å². The summed E-state index contributed by atoms with van der Waals surface area (Å²) in [7, 11) is -1.56. The smallest absolute Gasteiger partial charge is 0.268 e. The number of aromatic nitrogens is 1. The standard InChI is InChI=1S/C19H20N2O3S/c1-14-13-24-19-9-8-18-16(17(19)12-20(14)2)10-11-21(18)25(22,23)15-6-4-3-5-7-15/h3-11,14H,12-13H2,1-2H3/t14-/m0/s1. The molecule has 0 N–H and O–H groups in total. The van der Waals surface area contributed by atoms with Crippen LogP contribution in [0.15, 0.2) is 59.6 Å². The first-order chi connectivity index (χ1) is 12.0. The van der Waals surface area contributed by atoms with Crippen molar-refractivity contribution in [3.63, 3.8) is 0 Å². The molecule has 3 aromatic rings. The van der Waals surface area contributed by atoms with Gasteiger partial charge in [-0.3, -0.25) is 4.90 Å². The third-order valence-corrected chi connectivity index (χ3v) is 6.55. The van der Waals surface area contributed by atoms with Crippen molar-refractivity contribution in [3.05, 3.63) is 60.3 Å². The molecule has 1 aliphatic heterocycles. The largest absolute Gasteiger partial charge is 0.492 e. The average Bonchev–Trinajstić information content (AvgIpc) is 3.00. The Morgan fingerprint density at radius 2 is 1.84 bits per heavy atom. The van der Waals surface area contributed by atoms with Crippen LogP contribution in [0, 0.1) is 0 Å². The number of hydrogen-bond donors (Lipinski definition) is 0. The predicted molar refractivity (Wildman–Crippen MR) is 97.4 cm³/mol. The summed E-state index contributed by atoms with van der Waals surface area (Å²) in [6, 6.07) is 14.4. The summed E-state index contributed by atoms with van der Waals surface area (Å²) in [6.07, 6.45) is 1.63. The van der Waals surface area contributed by atoms with Crippen molar-refractivity contribution in [1.29, 1.82) is 0 Å². The maximum atomic E-state index is 13.0. The van der Waals surface area contributed by atoms with Crippen LogP contribution in [0.1, 0.15) is 12.5 Å². The van der Waals surface area contributed by atoms with Crippen LogP contribution in [0.4, 0.5) is 0 Å². The van der Waals surface area contributed by atoms with Gasteiger partial charge in [-0.1, -0.05) is 18.2 Å². The zero-order chi connectivity index (χ0) is 17.6. The van der Waals surface area contributed by atoms with E-state index in [0.29, 0.717) is 18.2 Å². The molecular weight excluding hydrogens is 336 g/mol. The average molecular weight is 356 g/mol.